The normalized spacial score (nSPS) is 10.3. The number of pyridine rings is 1. The molecule has 1 rings (SSSR count). The lowest BCUT2D eigenvalue weighted by Gasteiger charge is -2.07. The number of halogens is 1. The van der Waals surface area contributed by atoms with Crippen molar-refractivity contribution in [1.82, 2.24) is 4.98 Å². The van der Waals surface area contributed by atoms with Gasteiger partial charge in [-0.25, -0.2) is 4.98 Å². The van der Waals surface area contributed by atoms with Gasteiger partial charge in [-0.15, -0.1) is 0 Å². The second kappa shape index (κ2) is 6.61. The van der Waals surface area contributed by atoms with E-state index in [-0.39, 0.29) is 0 Å². The zero-order valence-corrected chi connectivity index (χ0v) is 9.46. The maximum Gasteiger partial charge on any atom is 0.213 e. The van der Waals surface area contributed by atoms with Crippen LogP contribution in [0, 0.1) is 0 Å². The zero-order valence-electron chi connectivity index (χ0n) is 8.70. The predicted molar refractivity (Wildman–Crippen MR) is 59.1 cm³/mol. The predicted octanol–water partition coefficient (Wildman–Crippen LogP) is 1.61. The summed E-state index contributed by atoms with van der Waals surface area (Å²) in [5.74, 6) is 0.527. The zero-order chi connectivity index (χ0) is 11.1. The van der Waals surface area contributed by atoms with E-state index in [1.807, 2.05) is 6.92 Å². The lowest BCUT2D eigenvalue weighted by molar-refractivity contribution is 0.108. The van der Waals surface area contributed by atoms with Crippen LogP contribution in [0.15, 0.2) is 12.3 Å². The van der Waals surface area contributed by atoms with Gasteiger partial charge >= 0.3 is 0 Å². The van der Waals surface area contributed by atoms with E-state index in [0.717, 1.165) is 5.56 Å². The summed E-state index contributed by atoms with van der Waals surface area (Å²) >= 11 is 5.86. The van der Waals surface area contributed by atoms with Crippen molar-refractivity contribution >= 4 is 11.6 Å². The minimum atomic E-state index is 0.378. The largest absolute Gasteiger partial charge is 0.475 e. The van der Waals surface area contributed by atoms with Gasteiger partial charge in [-0.05, 0) is 12.5 Å². The molecule has 0 aliphatic rings. The molecule has 1 aromatic heterocycles. The summed E-state index contributed by atoms with van der Waals surface area (Å²) in [4.78, 5) is 4.02. The van der Waals surface area contributed by atoms with Crippen LogP contribution in [-0.4, -0.2) is 24.8 Å². The van der Waals surface area contributed by atoms with Crippen molar-refractivity contribution in [2.75, 3.05) is 19.8 Å². The number of rotatable bonds is 6. The van der Waals surface area contributed by atoms with Crippen LogP contribution in [0.4, 0.5) is 0 Å². The Balaban J connectivity index is 2.47. The molecule has 0 bridgehead atoms. The van der Waals surface area contributed by atoms with E-state index < -0.39 is 0 Å². The Morgan fingerprint density at radius 2 is 2.27 bits per heavy atom. The van der Waals surface area contributed by atoms with E-state index in [9.17, 15) is 0 Å². The number of ether oxygens (including phenoxy) is 2. The van der Waals surface area contributed by atoms with E-state index in [1.165, 1.54) is 0 Å². The number of nitrogens with zero attached hydrogens (tertiary/aromatic N) is 1. The molecular weight excluding hydrogens is 216 g/mol. The SMILES string of the molecule is CCOCCOc1cc(CN)c(Cl)cn1. The smallest absolute Gasteiger partial charge is 0.213 e. The third kappa shape index (κ3) is 4.03. The lowest BCUT2D eigenvalue weighted by atomic mass is 10.3. The van der Waals surface area contributed by atoms with Crippen LogP contribution >= 0.6 is 11.6 Å². The fourth-order valence-electron chi connectivity index (χ4n) is 1.04. The van der Waals surface area contributed by atoms with E-state index in [2.05, 4.69) is 4.98 Å². The van der Waals surface area contributed by atoms with Gasteiger partial charge in [0.15, 0.2) is 0 Å². The van der Waals surface area contributed by atoms with Crippen LogP contribution < -0.4 is 10.5 Å². The van der Waals surface area contributed by atoms with Gasteiger partial charge in [0, 0.05) is 25.4 Å². The van der Waals surface area contributed by atoms with Gasteiger partial charge in [-0.2, -0.15) is 0 Å². The van der Waals surface area contributed by atoms with Gasteiger partial charge in [0.2, 0.25) is 5.88 Å². The molecule has 1 heterocycles. The van der Waals surface area contributed by atoms with Gasteiger partial charge in [-0.1, -0.05) is 11.6 Å². The summed E-state index contributed by atoms with van der Waals surface area (Å²) in [5, 5.41) is 0.564. The molecule has 15 heavy (non-hydrogen) atoms. The van der Waals surface area contributed by atoms with Crippen molar-refractivity contribution in [1.29, 1.82) is 0 Å². The van der Waals surface area contributed by atoms with Crippen LogP contribution in [0.25, 0.3) is 0 Å². The Kier molecular flexibility index (Phi) is 5.39. The summed E-state index contributed by atoms with van der Waals surface area (Å²) in [6.07, 6.45) is 1.54. The first-order valence-electron chi connectivity index (χ1n) is 4.83. The maximum atomic E-state index is 5.86. The van der Waals surface area contributed by atoms with Crippen LogP contribution in [0.5, 0.6) is 5.88 Å². The van der Waals surface area contributed by atoms with Crippen LogP contribution in [0.3, 0.4) is 0 Å². The van der Waals surface area contributed by atoms with Crippen molar-refractivity contribution in [3.63, 3.8) is 0 Å². The first-order chi connectivity index (χ1) is 7.27. The molecule has 0 unspecified atom stereocenters. The van der Waals surface area contributed by atoms with Gasteiger partial charge in [0.25, 0.3) is 0 Å². The first kappa shape index (κ1) is 12.2. The molecule has 0 saturated carbocycles. The van der Waals surface area contributed by atoms with E-state index in [4.69, 9.17) is 26.8 Å². The molecule has 5 heteroatoms. The molecule has 0 amide bonds. The maximum absolute atomic E-state index is 5.86. The molecule has 0 aliphatic heterocycles. The highest BCUT2D eigenvalue weighted by molar-refractivity contribution is 6.31. The van der Waals surface area contributed by atoms with E-state index in [1.54, 1.807) is 12.3 Å². The second-order valence-electron chi connectivity index (χ2n) is 2.86. The van der Waals surface area contributed by atoms with Crippen LogP contribution in [-0.2, 0) is 11.3 Å². The van der Waals surface area contributed by atoms with Gasteiger partial charge < -0.3 is 15.2 Å². The summed E-state index contributed by atoms with van der Waals surface area (Å²) in [6, 6.07) is 1.74. The van der Waals surface area contributed by atoms with E-state index in [0.29, 0.717) is 37.3 Å². The minimum absolute atomic E-state index is 0.378. The van der Waals surface area contributed by atoms with Gasteiger partial charge in [-0.3, -0.25) is 0 Å². The Labute approximate surface area is 94.3 Å². The molecule has 0 fully saturated rings. The minimum Gasteiger partial charge on any atom is -0.475 e. The monoisotopic (exact) mass is 230 g/mol. The number of nitrogens with two attached hydrogens (primary N) is 1. The number of hydrogen-bond acceptors (Lipinski definition) is 4. The van der Waals surface area contributed by atoms with Crippen molar-refractivity contribution < 1.29 is 9.47 Å². The standard InChI is InChI=1S/C10H15ClN2O2/c1-2-14-3-4-15-10-5-8(6-12)9(11)7-13-10/h5,7H,2-4,6,12H2,1H3. The third-order valence-corrected chi connectivity index (χ3v) is 2.15. The molecule has 0 spiro atoms. The van der Waals surface area contributed by atoms with Crippen molar-refractivity contribution in [3.05, 3.63) is 22.8 Å². The Morgan fingerprint density at radius 1 is 1.47 bits per heavy atom. The van der Waals surface area contributed by atoms with E-state index >= 15 is 0 Å². The first-order valence-corrected chi connectivity index (χ1v) is 5.20. The molecule has 84 valence electrons. The lowest BCUT2D eigenvalue weighted by Crippen LogP contribution is -2.08. The molecule has 4 nitrogen and oxygen atoms in total. The molecule has 0 atom stereocenters. The molecular formula is C10H15ClN2O2. The average Bonchev–Trinajstić information content (AvgIpc) is 2.26. The highest BCUT2D eigenvalue weighted by atomic mass is 35.5. The molecule has 0 aliphatic carbocycles. The Morgan fingerprint density at radius 3 is 2.93 bits per heavy atom. The molecule has 0 radical (unpaired) electrons. The molecule has 1 aromatic rings. The Hall–Kier alpha value is -0.840. The highest BCUT2D eigenvalue weighted by Gasteiger charge is 2.02. The molecule has 0 aromatic carbocycles. The summed E-state index contributed by atoms with van der Waals surface area (Å²) < 4.78 is 10.5. The van der Waals surface area contributed by atoms with Crippen molar-refractivity contribution in [2.24, 2.45) is 5.73 Å². The topological polar surface area (TPSA) is 57.4 Å². The fourth-order valence-corrected chi connectivity index (χ4v) is 1.22. The fraction of sp³-hybridized carbons (Fsp3) is 0.500. The summed E-state index contributed by atoms with van der Waals surface area (Å²) in [5.41, 5.74) is 6.33. The van der Waals surface area contributed by atoms with Crippen molar-refractivity contribution in [3.8, 4) is 5.88 Å². The Bertz CT molecular complexity index is 307. The molecule has 0 saturated heterocycles. The van der Waals surface area contributed by atoms with Crippen LogP contribution in [0.1, 0.15) is 12.5 Å². The van der Waals surface area contributed by atoms with Gasteiger partial charge in [0.1, 0.15) is 6.61 Å². The van der Waals surface area contributed by atoms with Crippen LogP contribution in [0.2, 0.25) is 5.02 Å². The van der Waals surface area contributed by atoms with Gasteiger partial charge in [0.05, 0.1) is 11.6 Å². The quantitative estimate of drug-likeness (QED) is 0.755. The summed E-state index contributed by atoms with van der Waals surface area (Å²) in [7, 11) is 0. The number of aromatic nitrogens is 1. The summed E-state index contributed by atoms with van der Waals surface area (Å²) in [6.45, 7) is 4.03. The highest BCUT2D eigenvalue weighted by Crippen LogP contribution is 2.18. The third-order valence-electron chi connectivity index (χ3n) is 1.81. The number of hydrogen-bond donors (Lipinski definition) is 1. The van der Waals surface area contributed by atoms with Crippen molar-refractivity contribution in [2.45, 2.75) is 13.5 Å². The molecule has 2 N–H and O–H groups in total. The second-order valence-corrected chi connectivity index (χ2v) is 3.27. The average molecular weight is 231 g/mol.